The summed E-state index contributed by atoms with van der Waals surface area (Å²) < 4.78 is 4.73. The molecule has 0 aliphatic heterocycles. The first kappa shape index (κ1) is 21.4. The first-order valence-corrected chi connectivity index (χ1v) is 11.0. The Hall–Kier alpha value is -4.48. The van der Waals surface area contributed by atoms with Gasteiger partial charge in [0.05, 0.1) is 12.2 Å². The number of unbranched alkanes of at least 4 members (excludes halogenated alkanes) is 1. The van der Waals surface area contributed by atoms with E-state index in [1.54, 1.807) is 17.8 Å². The van der Waals surface area contributed by atoms with E-state index in [-0.39, 0.29) is 5.69 Å². The second-order valence-electron chi connectivity index (χ2n) is 7.90. The Morgan fingerprint density at radius 1 is 1.06 bits per heavy atom. The van der Waals surface area contributed by atoms with Gasteiger partial charge in [-0.25, -0.2) is 14.0 Å². The molecule has 12 nitrogen and oxygen atoms in total. The van der Waals surface area contributed by atoms with Crippen molar-refractivity contribution in [3.63, 3.8) is 0 Å². The van der Waals surface area contributed by atoms with Crippen LogP contribution >= 0.6 is 0 Å². The molecule has 0 aliphatic carbocycles. The zero-order chi connectivity index (χ0) is 23.5. The number of aromatic nitrogens is 11. The van der Waals surface area contributed by atoms with Crippen molar-refractivity contribution in [1.82, 2.24) is 54.9 Å². The number of hydrogen-bond acceptors (Lipinski definition) is 8. The Morgan fingerprint density at radius 2 is 1.91 bits per heavy atom. The molecule has 0 saturated heterocycles. The number of tetrazole rings is 2. The Balaban J connectivity index is 1.47. The van der Waals surface area contributed by atoms with Gasteiger partial charge in [0.2, 0.25) is 5.82 Å². The van der Waals surface area contributed by atoms with Gasteiger partial charge in [-0.2, -0.15) is 5.21 Å². The van der Waals surface area contributed by atoms with Crippen LogP contribution in [0.5, 0.6) is 0 Å². The fraction of sp³-hybridized carbons (Fsp3) is 0.273. The minimum Gasteiger partial charge on any atom is -0.291 e. The molecule has 1 N–H and O–H groups in total. The molecule has 0 amide bonds. The number of pyridine rings is 1. The van der Waals surface area contributed by atoms with Gasteiger partial charge in [0, 0.05) is 36.3 Å². The van der Waals surface area contributed by atoms with Crippen molar-refractivity contribution in [3.8, 4) is 28.6 Å². The molecule has 4 aromatic heterocycles. The lowest BCUT2D eigenvalue weighted by Gasteiger charge is -2.09. The summed E-state index contributed by atoms with van der Waals surface area (Å²) in [6, 6.07) is 11.7. The molecule has 4 heterocycles. The van der Waals surface area contributed by atoms with E-state index in [0.29, 0.717) is 18.3 Å². The molecular weight excluding hydrogens is 434 g/mol. The summed E-state index contributed by atoms with van der Waals surface area (Å²) in [5, 5.41) is 25.8. The van der Waals surface area contributed by atoms with Crippen LogP contribution in [0.2, 0.25) is 0 Å². The van der Waals surface area contributed by atoms with Crippen LogP contribution in [-0.4, -0.2) is 54.9 Å². The Kier molecular flexibility index (Phi) is 5.77. The lowest BCUT2D eigenvalue weighted by molar-refractivity contribution is 0.657. The van der Waals surface area contributed by atoms with Crippen LogP contribution in [0.1, 0.15) is 31.0 Å². The third-order valence-corrected chi connectivity index (χ3v) is 5.62. The van der Waals surface area contributed by atoms with Crippen LogP contribution in [0.25, 0.3) is 28.6 Å². The maximum atomic E-state index is 13.2. The highest BCUT2D eigenvalue weighted by molar-refractivity contribution is 5.78. The number of H-pyrrole nitrogens is 1. The topological polar surface area (TPSA) is 138 Å². The second-order valence-corrected chi connectivity index (χ2v) is 7.90. The molecule has 0 spiro atoms. The first-order chi connectivity index (χ1) is 16.7. The van der Waals surface area contributed by atoms with E-state index >= 15 is 0 Å². The van der Waals surface area contributed by atoms with Gasteiger partial charge < -0.3 is 0 Å². The predicted molar refractivity (Wildman–Crippen MR) is 123 cm³/mol. The van der Waals surface area contributed by atoms with Crippen LogP contribution in [-0.2, 0) is 20.0 Å². The van der Waals surface area contributed by atoms with E-state index in [1.165, 1.54) is 9.25 Å². The molecule has 1 aromatic carbocycles. The van der Waals surface area contributed by atoms with E-state index in [1.807, 2.05) is 42.6 Å². The largest absolute Gasteiger partial charge is 0.335 e. The standard InChI is InChI=1S/C22H23N11O/c1-3-4-7-16-14-33(21-26-29-30-31(21)2)22(34)32(16)13-15-10-11-19(23-12-15)17-8-5-6-9-18(17)20-24-27-28-25-20/h5-6,8-12,14H,3-4,7,13H2,1-2H3,(H,24,25,27,28). The second kappa shape index (κ2) is 9.17. The normalized spacial score (nSPS) is 11.2. The van der Waals surface area contributed by atoms with Gasteiger partial charge in [-0.3, -0.25) is 9.55 Å². The Morgan fingerprint density at radius 3 is 2.59 bits per heavy atom. The van der Waals surface area contributed by atoms with Gasteiger partial charge in [-0.05, 0) is 40.1 Å². The van der Waals surface area contributed by atoms with E-state index < -0.39 is 0 Å². The zero-order valence-corrected chi connectivity index (χ0v) is 18.8. The molecule has 0 unspecified atom stereocenters. The van der Waals surface area contributed by atoms with Crippen molar-refractivity contribution in [2.24, 2.45) is 7.05 Å². The van der Waals surface area contributed by atoms with E-state index in [2.05, 4.69) is 48.1 Å². The van der Waals surface area contributed by atoms with Crippen LogP contribution in [0, 0.1) is 0 Å². The number of rotatable bonds is 8. The highest BCUT2D eigenvalue weighted by atomic mass is 16.2. The van der Waals surface area contributed by atoms with Crippen molar-refractivity contribution in [2.75, 3.05) is 0 Å². The third-order valence-electron chi connectivity index (χ3n) is 5.62. The van der Waals surface area contributed by atoms with Crippen molar-refractivity contribution < 1.29 is 0 Å². The van der Waals surface area contributed by atoms with E-state index in [4.69, 9.17) is 0 Å². The molecule has 172 valence electrons. The number of hydrogen-bond donors (Lipinski definition) is 1. The first-order valence-electron chi connectivity index (χ1n) is 11.0. The van der Waals surface area contributed by atoms with E-state index in [9.17, 15) is 4.79 Å². The highest BCUT2D eigenvalue weighted by Gasteiger charge is 2.17. The molecule has 0 atom stereocenters. The predicted octanol–water partition coefficient (Wildman–Crippen LogP) is 1.80. The summed E-state index contributed by atoms with van der Waals surface area (Å²) in [6.45, 7) is 2.52. The van der Waals surface area contributed by atoms with Crippen LogP contribution in [0.15, 0.2) is 53.6 Å². The molecule has 0 bridgehead atoms. The van der Waals surface area contributed by atoms with Gasteiger partial charge in [0.15, 0.2) is 0 Å². The van der Waals surface area contributed by atoms with Crippen molar-refractivity contribution in [1.29, 1.82) is 0 Å². The summed E-state index contributed by atoms with van der Waals surface area (Å²) in [5.41, 5.74) is 4.18. The number of nitrogens with zero attached hydrogens (tertiary/aromatic N) is 10. The molecule has 0 radical (unpaired) electrons. The summed E-state index contributed by atoms with van der Waals surface area (Å²) in [6.07, 6.45) is 6.41. The zero-order valence-electron chi connectivity index (χ0n) is 18.8. The van der Waals surface area contributed by atoms with Crippen molar-refractivity contribution in [2.45, 2.75) is 32.7 Å². The summed E-state index contributed by atoms with van der Waals surface area (Å²) in [5.74, 6) is 0.890. The lowest BCUT2D eigenvalue weighted by atomic mass is 10.0. The third kappa shape index (κ3) is 4.00. The molecule has 5 aromatic rings. The molecular formula is C22H23N11O. The Bertz CT molecular complexity index is 1450. The summed E-state index contributed by atoms with van der Waals surface area (Å²) in [7, 11) is 1.71. The molecule has 0 saturated carbocycles. The minimum atomic E-state index is -0.185. The number of imidazole rings is 1. The maximum absolute atomic E-state index is 13.2. The van der Waals surface area contributed by atoms with Crippen LogP contribution in [0.3, 0.4) is 0 Å². The smallest absolute Gasteiger partial charge is 0.291 e. The van der Waals surface area contributed by atoms with Crippen molar-refractivity contribution in [3.05, 3.63) is 70.5 Å². The average molecular weight is 458 g/mol. The van der Waals surface area contributed by atoms with Gasteiger partial charge in [-0.1, -0.05) is 48.8 Å². The Labute approximate surface area is 194 Å². The van der Waals surface area contributed by atoms with Gasteiger partial charge in [-0.15, -0.1) is 10.2 Å². The molecule has 12 heteroatoms. The van der Waals surface area contributed by atoms with E-state index in [0.717, 1.165) is 47.3 Å². The number of nitrogens with one attached hydrogen (secondary N) is 1. The number of aromatic amines is 1. The lowest BCUT2D eigenvalue weighted by Crippen LogP contribution is -2.26. The summed E-state index contributed by atoms with van der Waals surface area (Å²) in [4.78, 5) is 17.9. The average Bonchev–Trinajstić information content (AvgIpc) is 3.61. The molecule has 34 heavy (non-hydrogen) atoms. The van der Waals surface area contributed by atoms with Crippen molar-refractivity contribution >= 4 is 0 Å². The summed E-state index contributed by atoms with van der Waals surface area (Å²) >= 11 is 0. The molecule has 5 rings (SSSR count). The van der Waals surface area contributed by atoms with Gasteiger partial charge in [0.1, 0.15) is 0 Å². The number of aryl methyl sites for hydroxylation is 2. The van der Waals surface area contributed by atoms with Crippen LogP contribution in [0.4, 0.5) is 0 Å². The quantitative estimate of drug-likeness (QED) is 0.372. The van der Waals surface area contributed by atoms with Crippen LogP contribution < -0.4 is 5.69 Å². The maximum Gasteiger partial charge on any atom is 0.335 e. The minimum absolute atomic E-state index is 0.185. The SMILES string of the molecule is CCCCc1cn(-c2nnnn2C)c(=O)n1Cc1ccc(-c2ccccc2-c2nn[nH]n2)nc1. The van der Waals surface area contributed by atoms with Gasteiger partial charge >= 0.3 is 5.69 Å². The fourth-order valence-electron chi connectivity index (χ4n) is 3.86. The molecule has 0 fully saturated rings. The monoisotopic (exact) mass is 457 g/mol. The van der Waals surface area contributed by atoms with Gasteiger partial charge in [0.25, 0.3) is 5.95 Å². The highest BCUT2D eigenvalue weighted by Crippen LogP contribution is 2.28. The fourth-order valence-corrected chi connectivity index (χ4v) is 3.86. The number of benzene rings is 1. The molecule has 0 aliphatic rings.